The van der Waals surface area contributed by atoms with E-state index in [1.807, 2.05) is 17.0 Å². The lowest BCUT2D eigenvalue weighted by molar-refractivity contribution is 0.636. The van der Waals surface area contributed by atoms with Gasteiger partial charge < -0.3 is 9.88 Å². The zero-order chi connectivity index (χ0) is 17.9. The second-order valence-corrected chi connectivity index (χ2v) is 5.69. The van der Waals surface area contributed by atoms with Crippen LogP contribution in [-0.2, 0) is 6.54 Å². The molecule has 0 spiro atoms. The van der Waals surface area contributed by atoms with Gasteiger partial charge in [-0.3, -0.25) is 9.78 Å². The Morgan fingerprint density at radius 3 is 2.77 bits per heavy atom. The van der Waals surface area contributed by atoms with Gasteiger partial charge in [0.15, 0.2) is 0 Å². The van der Waals surface area contributed by atoms with E-state index in [0.29, 0.717) is 23.3 Å². The second-order valence-electron chi connectivity index (χ2n) is 5.69. The van der Waals surface area contributed by atoms with Gasteiger partial charge in [-0.2, -0.15) is 0 Å². The number of hydrogen-bond donors (Lipinski definition) is 1. The molecule has 0 amide bonds. The first kappa shape index (κ1) is 15.9. The van der Waals surface area contributed by atoms with Gasteiger partial charge in [-0.05, 0) is 29.8 Å². The van der Waals surface area contributed by atoms with Gasteiger partial charge in [0.2, 0.25) is 5.56 Å². The van der Waals surface area contributed by atoms with E-state index in [-0.39, 0.29) is 11.1 Å². The summed E-state index contributed by atoms with van der Waals surface area (Å²) in [6, 6.07) is 11.7. The van der Waals surface area contributed by atoms with Crippen molar-refractivity contribution in [2.45, 2.75) is 6.54 Å². The summed E-state index contributed by atoms with van der Waals surface area (Å²) in [6.45, 7) is 0.326. The topological polar surface area (TPSA) is 74.8 Å². The van der Waals surface area contributed by atoms with Crippen molar-refractivity contribution in [3.63, 3.8) is 0 Å². The van der Waals surface area contributed by atoms with E-state index in [1.54, 1.807) is 36.8 Å². The molecule has 1 aromatic carbocycles. The lowest BCUT2D eigenvalue weighted by Crippen LogP contribution is -2.20. The summed E-state index contributed by atoms with van der Waals surface area (Å²) >= 11 is 0. The lowest BCUT2D eigenvalue weighted by atomic mass is 10.1. The first-order chi connectivity index (χ1) is 12.7. The molecule has 0 radical (unpaired) electrons. The van der Waals surface area contributed by atoms with E-state index in [2.05, 4.69) is 19.9 Å². The van der Waals surface area contributed by atoms with Crippen LogP contribution in [0.5, 0.6) is 0 Å². The molecular weight excluding hydrogens is 333 g/mol. The van der Waals surface area contributed by atoms with Crippen molar-refractivity contribution < 1.29 is 4.39 Å². The first-order valence-corrected chi connectivity index (χ1v) is 7.96. The van der Waals surface area contributed by atoms with Crippen molar-refractivity contribution in [1.82, 2.24) is 19.9 Å². The summed E-state index contributed by atoms with van der Waals surface area (Å²) in [5.41, 5.74) is 1.33. The Balaban J connectivity index is 1.86. The Kier molecular flexibility index (Phi) is 4.10. The second kappa shape index (κ2) is 6.72. The summed E-state index contributed by atoms with van der Waals surface area (Å²) in [4.78, 5) is 28.9. The molecule has 1 N–H and O–H groups in total. The van der Waals surface area contributed by atoms with E-state index < -0.39 is 5.82 Å². The molecule has 0 fully saturated rings. The highest BCUT2D eigenvalue weighted by Crippen LogP contribution is 2.27. The summed E-state index contributed by atoms with van der Waals surface area (Å²) in [6.07, 6.45) is 6.48. The number of aromatic amines is 1. The maximum atomic E-state index is 14.1. The molecular formula is C19H14FN5O. The fourth-order valence-corrected chi connectivity index (χ4v) is 2.88. The van der Waals surface area contributed by atoms with Crippen molar-refractivity contribution in [2.75, 3.05) is 4.90 Å². The number of anilines is 2. The van der Waals surface area contributed by atoms with E-state index in [9.17, 15) is 9.18 Å². The van der Waals surface area contributed by atoms with Crippen molar-refractivity contribution in [3.8, 4) is 0 Å². The maximum absolute atomic E-state index is 14.1. The van der Waals surface area contributed by atoms with Crippen molar-refractivity contribution in [1.29, 1.82) is 0 Å². The Morgan fingerprint density at radius 2 is 2.00 bits per heavy atom. The summed E-state index contributed by atoms with van der Waals surface area (Å²) < 4.78 is 14.1. The molecule has 7 heteroatoms. The summed E-state index contributed by atoms with van der Waals surface area (Å²) in [5, 5.41) is 0.646. The number of nitrogens with zero attached hydrogens (tertiary/aromatic N) is 4. The molecule has 0 aliphatic heterocycles. The normalized spacial score (nSPS) is 10.8. The molecule has 26 heavy (non-hydrogen) atoms. The largest absolute Gasteiger partial charge is 0.320 e. The Hall–Kier alpha value is -3.61. The SMILES string of the molecule is O=c1cc(CN(c2cccnc2)c2ccncn2)c2cccc(F)c2[nH]1. The van der Waals surface area contributed by atoms with E-state index >= 15 is 0 Å². The maximum Gasteiger partial charge on any atom is 0.248 e. The number of aromatic nitrogens is 4. The number of H-pyrrole nitrogens is 1. The third-order valence-electron chi connectivity index (χ3n) is 4.04. The molecule has 6 nitrogen and oxygen atoms in total. The van der Waals surface area contributed by atoms with Crippen LogP contribution in [-0.4, -0.2) is 19.9 Å². The van der Waals surface area contributed by atoms with Crippen LogP contribution >= 0.6 is 0 Å². The van der Waals surface area contributed by atoms with Gasteiger partial charge in [-0.1, -0.05) is 12.1 Å². The molecule has 3 heterocycles. The molecule has 0 saturated carbocycles. The number of pyridine rings is 2. The van der Waals surface area contributed by atoms with Gasteiger partial charge in [-0.15, -0.1) is 0 Å². The smallest absolute Gasteiger partial charge is 0.248 e. The minimum Gasteiger partial charge on any atom is -0.320 e. The molecule has 3 aromatic heterocycles. The van der Waals surface area contributed by atoms with E-state index in [1.165, 1.54) is 18.5 Å². The number of fused-ring (bicyclic) bond motifs is 1. The molecule has 0 aliphatic rings. The van der Waals surface area contributed by atoms with Crippen LogP contribution in [0.2, 0.25) is 0 Å². The van der Waals surface area contributed by atoms with Gasteiger partial charge in [0.1, 0.15) is 18.0 Å². The molecule has 4 aromatic rings. The molecule has 0 bridgehead atoms. The molecule has 128 valence electrons. The Morgan fingerprint density at radius 1 is 1.08 bits per heavy atom. The first-order valence-electron chi connectivity index (χ1n) is 7.96. The summed E-state index contributed by atoms with van der Waals surface area (Å²) in [7, 11) is 0. The monoisotopic (exact) mass is 347 g/mol. The molecule has 0 unspecified atom stereocenters. The standard InChI is InChI=1S/C19H14FN5O/c20-16-5-1-4-15-13(9-18(26)24-19(15)16)11-25(14-3-2-7-21-10-14)17-6-8-22-12-23-17/h1-10,12H,11H2,(H,24,26). The zero-order valence-corrected chi connectivity index (χ0v) is 13.6. The fourth-order valence-electron chi connectivity index (χ4n) is 2.88. The van der Waals surface area contributed by atoms with Gasteiger partial charge in [-0.25, -0.2) is 14.4 Å². The molecule has 0 saturated heterocycles. The average molecular weight is 347 g/mol. The third-order valence-corrected chi connectivity index (χ3v) is 4.04. The van der Waals surface area contributed by atoms with Crippen molar-refractivity contribution in [3.05, 3.63) is 89.1 Å². The van der Waals surface area contributed by atoms with Gasteiger partial charge in [0.05, 0.1) is 23.9 Å². The Labute approximate surface area is 148 Å². The fraction of sp³-hybridized carbons (Fsp3) is 0.0526. The van der Waals surface area contributed by atoms with Gasteiger partial charge in [0.25, 0.3) is 0 Å². The van der Waals surface area contributed by atoms with Crippen LogP contribution in [0.4, 0.5) is 15.9 Å². The van der Waals surface area contributed by atoms with Crippen molar-refractivity contribution in [2.24, 2.45) is 0 Å². The van der Waals surface area contributed by atoms with Crippen LogP contribution in [0.15, 0.2) is 72.2 Å². The number of rotatable bonds is 4. The van der Waals surface area contributed by atoms with Crippen molar-refractivity contribution >= 4 is 22.4 Å². The molecule has 4 rings (SSSR count). The van der Waals surface area contributed by atoms with Crippen LogP contribution < -0.4 is 10.5 Å². The number of halogens is 1. The third kappa shape index (κ3) is 3.02. The van der Waals surface area contributed by atoms with Crippen LogP contribution in [0.25, 0.3) is 10.9 Å². The zero-order valence-electron chi connectivity index (χ0n) is 13.6. The number of nitrogens with one attached hydrogen (secondary N) is 1. The minimum absolute atomic E-state index is 0.198. The number of benzene rings is 1. The lowest BCUT2D eigenvalue weighted by Gasteiger charge is -2.24. The van der Waals surface area contributed by atoms with Crippen LogP contribution in [0.1, 0.15) is 5.56 Å². The predicted octanol–water partition coefficient (Wildman–Crippen LogP) is 3.19. The average Bonchev–Trinajstić information content (AvgIpc) is 2.68. The van der Waals surface area contributed by atoms with Gasteiger partial charge in [0, 0.05) is 23.8 Å². The predicted molar refractivity (Wildman–Crippen MR) is 96.6 cm³/mol. The quantitative estimate of drug-likeness (QED) is 0.614. The highest BCUT2D eigenvalue weighted by Gasteiger charge is 2.15. The highest BCUT2D eigenvalue weighted by molar-refractivity contribution is 5.83. The molecule has 0 aliphatic carbocycles. The number of para-hydroxylation sites is 1. The molecule has 0 atom stereocenters. The van der Waals surface area contributed by atoms with Crippen LogP contribution in [0.3, 0.4) is 0 Å². The Bertz CT molecular complexity index is 1060. The highest BCUT2D eigenvalue weighted by atomic mass is 19.1. The summed E-state index contributed by atoms with van der Waals surface area (Å²) in [5.74, 6) is 0.189. The van der Waals surface area contributed by atoms with Crippen LogP contribution in [0, 0.1) is 5.82 Å². The minimum atomic E-state index is -0.462. The van der Waals surface area contributed by atoms with E-state index in [0.717, 1.165) is 5.69 Å². The number of hydrogen-bond acceptors (Lipinski definition) is 5. The van der Waals surface area contributed by atoms with Gasteiger partial charge >= 0.3 is 0 Å². The van der Waals surface area contributed by atoms with E-state index in [4.69, 9.17) is 0 Å².